The van der Waals surface area contributed by atoms with Gasteiger partial charge in [0.25, 0.3) is 0 Å². The molecule has 0 amide bonds. The maximum atomic E-state index is 10.3. The predicted molar refractivity (Wildman–Crippen MR) is 58.8 cm³/mol. The van der Waals surface area contributed by atoms with E-state index in [0.717, 1.165) is 18.9 Å². The fourth-order valence-electron chi connectivity index (χ4n) is 1.74. The van der Waals surface area contributed by atoms with Crippen molar-refractivity contribution in [1.29, 1.82) is 0 Å². The largest absolute Gasteiger partial charge is 0.480 e. The number of rotatable bonds is 4. The van der Waals surface area contributed by atoms with Crippen molar-refractivity contribution in [3.63, 3.8) is 0 Å². The van der Waals surface area contributed by atoms with Crippen LogP contribution >= 0.6 is 0 Å². The molecule has 1 saturated heterocycles. The van der Waals surface area contributed by atoms with Crippen LogP contribution in [0.2, 0.25) is 0 Å². The second-order valence-electron chi connectivity index (χ2n) is 3.73. The lowest BCUT2D eigenvalue weighted by molar-refractivity contribution is -0.139. The van der Waals surface area contributed by atoms with Crippen molar-refractivity contribution in [3.05, 3.63) is 18.3 Å². The summed E-state index contributed by atoms with van der Waals surface area (Å²) in [6.07, 6.45) is 3.98. The third-order valence-corrected chi connectivity index (χ3v) is 2.51. The Morgan fingerprint density at radius 1 is 1.44 bits per heavy atom. The molecule has 5 nitrogen and oxygen atoms in total. The fraction of sp³-hybridized carbons (Fsp3) is 0.455. The first kappa shape index (κ1) is 10.7. The monoisotopic (exact) mass is 222 g/mol. The molecule has 86 valence electrons. The van der Waals surface area contributed by atoms with E-state index in [1.54, 1.807) is 12.3 Å². The molecule has 1 aromatic heterocycles. The summed E-state index contributed by atoms with van der Waals surface area (Å²) in [7, 11) is 0. The Morgan fingerprint density at radius 2 is 2.19 bits per heavy atom. The smallest absolute Gasteiger partial charge is 0.341 e. The zero-order valence-electron chi connectivity index (χ0n) is 8.93. The second-order valence-corrected chi connectivity index (χ2v) is 3.73. The Hall–Kier alpha value is -1.78. The molecule has 0 unspecified atom stereocenters. The minimum atomic E-state index is -0.983. The van der Waals surface area contributed by atoms with Gasteiger partial charge < -0.3 is 14.7 Å². The highest BCUT2D eigenvalue weighted by Crippen LogP contribution is 2.19. The summed E-state index contributed by atoms with van der Waals surface area (Å²) in [5.41, 5.74) is 0. The number of anilines is 1. The Bertz CT molecular complexity index is 358. The molecular weight excluding hydrogens is 208 g/mol. The Morgan fingerprint density at radius 3 is 2.75 bits per heavy atom. The summed E-state index contributed by atoms with van der Waals surface area (Å²) in [6, 6.07) is 3.62. The van der Waals surface area contributed by atoms with Crippen molar-refractivity contribution in [2.24, 2.45) is 0 Å². The number of hydrogen-bond acceptors (Lipinski definition) is 4. The van der Waals surface area contributed by atoms with Gasteiger partial charge in [-0.05, 0) is 25.0 Å². The minimum Gasteiger partial charge on any atom is -0.480 e. The van der Waals surface area contributed by atoms with Crippen molar-refractivity contribution in [1.82, 2.24) is 4.98 Å². The van der Waals surface area contributed by atoms with Crippen LogP contribution in [-0.2, 0) is 4.79 Å². The molecule has 0 aromatic carbocycles. The van der Waals surface area contributed by atoms with Gasteiger partial charge in [-0.2, -0.15) is 0 Å². The SMILES string of the molecule is O=C(O)COc1ccc(N2CCCC2)nc1. The van der Waals surface area contributed by atoms with Crippen LogP contribution < -0.4 is 9.64 Å². The van der Waals surface area contributed by atoms with Gasteiger partial charge in [-0.25, -0.2) is 9.78 Å². The first-order valence-electron chi connectivity index (χ1n) is 5.31. The minimum absolute atomic E-state index is 0.329. The van der Waals surface area contributed by atoms with Crippen LogP contribution in [0.1, 0.15) is 12.8 Å². The van der Waals surface area contributed by atoms with E-state index < -0.39 is 5.97 Å². The first-order valence-corrected chi connectivity index (χ1v) is 5.31. The van der Waals surface area contributed by atoms with Crippen LogP contribution in [0.15, 0.2) is 18.3 Å². The number of aliphatic carboxylic acids is 1. The normalized spacial score (nSPS) is 15.1. The number of hydrogen-bond donors (Lipinski definition) is 1. The van der Waals surface area contributed by atoms with Crippen LogP contribution in [0, 0.1) is 0 Å². The molecular formula is C11H14N2O3. The van der Waals surface area contributed by atoms with E-state index in [1.807, 2.05) is 6.07 Å². The number of carboxylic acid groups (broad SMARTS) is 1. The number of carboxylic acids is 1. The fourth-order valence-corrected chi connectivity index (χ4v) is 1.74. The van der Waals surface area contributed by atoms with Crippen molar-refractivity contribution in [2.45, 2.75) is 12.8 Å². The summed E-state index contributed by atoms with van der Waals surface area (Å²) in [5, 5.41) is 8.45. The van der Waals surface area contributed by atoms with Crippen LogP contribution in [-0.4, -0.2) is 35.8 Å². The lowest BCUT2D eigenvalue weighted by atomic mass is 10.4. The molecule has 0 saturated carbocycles. The summed E-state index contributed by atoms with van der Waals surface area (Å²) in [5.74, 6) is 0.439. The molecule has 0 atom stereocenters. The second kappa shape index (κ2) is 4.83. The van der Waals surface area contributed by atoms with E-state index in [-0.39, 0.29) is 6.61 Å². The zero-order chi connectivity index (χ0) is 11.4. The topological polar surface area (TPSA) is 62.7 Å². The molecule has 1 aliphatic rings. The molecule has 0 spiro atoms. The molecule has 0 aliphatic carbocycles. The van der Waals surface area contributed by atoms with Crippen molar-refractivity contribution >= 4 is 11.8 Å². The molecule has 5 heteroatoms. The van der Waals surface area contributed by atoms with Gasteiger partial charge in [0.1, 0.15) is 11.6 Å². The van der Waals surface area contributed by atoms with E-state index in [1.165, 1.54) is 12.8 Å². The molecule has 1 N–H and O–H groups in total. The summed E-state index contributed by atoms with van der Waals surface area (Å²) >= 11 is 0. The van der Waals surface area contributed by atoms with Crippen LogP contribution in [0.4, 0.5) is 5.82 Å². The van der Waals surface area contributed by atoms with Crippen molar-refractivity contribution in [3.8, 4) is 5.75 Å². The average molecular weight is 222 g/mol. The average Bonchev–Trinajstić information content (AvgIpc) is 2.80. The molecule has 2 heterocycles. The molecule has 16 heavy (non-hydrogen) atoms. The van der Waals surface area contributed by atoms with Gasteiger partial charge >= 0.3 is 5.97 Å². The highest BCUT2D eigenvalue weighted by atomic mass is 16.5. The van der Waals surface area contributed by atoms with E-state index in [2.05, 4.69) is 9.88 Å². The van der Waals surface area contributed by atoms with Gasteiger partial charge in [-0.15, -0.1) is 0 Å². The molecule has 0 radical (unpaired) electrons. The number of nitrogens with zero attached hydrogens (tertiary/aromatic N) is 2. The van der Waals surface area contributed by atoms with Crippen LogP contribution in [0.5, 0.6) is 5.75 Å². The summed E-state index contributed by atoms with van der Waals surface area (Å²) < 4.78 is 5.00. The third kappa shape index (κ3) is 2.62. The van der Waals surface area contributed by atoms with Crippen molar-refractivity contribution < 1.29 is 14.6 Å². The lowest BCUT2D eigenvalue weighted by Gasteiger charge is -2.16. The third-order valence-electron chi connectivity index (χ3n) is 2.51. The molecule has 1 aliphatic heterocycles. The standard InChI is InChI=1S/C11H14N2O3/c14-11(15)8-16-9-3-4-10(12-7-9)13-5-1-2-6-13/h3-4,7H,1-2,5-6,8H2,(H,14,15). The molecule has 1 fully saturated rings. The van der Waals surface area contributed by atoms with Gasteiger partial charge in [0.15, 0.2) is 6.61 Å². The molecule has 2 rings (SSSR count). The predicted octanol–water partition coefficient (Wildman–Crippen LogP) is 1.15. The lowest BCUT2D eigenvalue weighted by Crippen LogP contribution is -2.18. The number of ether oxygens (including phenoxy) is 1. The van der Waals surface area contributed by atoms with Gasteiger partial charge in [-0.3, -0.25) is 0 Å². The molecule has 0 bridgehead atoms. The van der Waals surface area contributed by atoms with Crippen LogP contribution in [0.3, 0.4) is 0 Å². The summed E-state index contributed by atoms with van der Waals surface area (Å²) in [4.78, 5) is 16.8. The maximum Gasteiger partial charge on any atom is 0.341 e. The number of carbonyl (C=O) groups is 1. The number of pyridine rings is 1. The highest BCUT2D eigenvalue weighted by Gasteiger charge is 2.13. The van der Waals surface area contributed by atoms with Crippen molar-refractivity contribution in [2.75, 3.05) is 24.6 Å². The van der Waals surface area contributed by atoms with E-state index >= 15 is 0 Å². The summed E-state index contributed by atoms with van der Waals surface area (Å²) in [6.45, 7) is 1.76. The first-order chi connectivity index (χ1) is 7.75. The van der Waals surface area contributed by atoms with E-state index in [9.17, 15) is 4.79 Å². The van der Waals surface area contributed by atoms with Gasteiger partial charge in [-0.1, -0.05) is 0 Å². The Labute approximate surface area is 93.7 Å². The molecule has 1 aromatic rings. The zero-order valence-corrected chi connectivity index (χ0v) is 8.93. The van der Waals surface area contributed by atoms with Crippen LogP contribution in [0.25, 0.3) is 0 Å². The quantitative estimate of drug-likeness (QED) is 0.827. The van der Waals surface area contributed by atoms with E-state index in [0.29, 0.717) is 5.75 Å². The van der Waals surface area contributed by atoms with Gasteiger partial charge in [0.05, 0.1) is 6.20 Å². The highest BCUT2D eigenvalue weighted by molar-refractivity contribution is 5.68. The van der Waals surface area contributed by atoms with E-state index in [4.69, 9.17) is 9.84 Å². The Kier molecular flexibility index (Phi) is 3.24. The maximum absolute atomic E-state index is 10.3. The van der Waals surface area contributed by atoms with Gasteiger partial charge in [0, 0.05) is 13.1 Å². The van der Waals surface area contributed by atoms with Gasteiger partial charge in [0.2, 0.25) is 0 Å². The number of aromatic nitrogens is 1. The Balaban J connectivity index is 1.95.